The summed E-state index contributed by atoms with van der Waals surface area (Å²) < 4.78 is 68.4. The highest BCUT2D eigenvalue weighted by atomic mass is 31.2. The van der Waals surface area contributed by atoms with Gasteiger partial charge in [0.15, 0.2) is 12.2 Å². The summed E-state index contributed by atoms with van der Waals surface area (Å²) in [5.74, 6) is -2.37. The molecular formula is C87H138O17P2. The van der Waals surface area contributed by atoms with Crippen molar-refractivity contribution in [3.63, 3.8) is 0 Å². The van der Waals surface area contributed by atoms with Crippen LogP contribution >= 0.6 is 15.6 Å². The van der Waals surface area contributed by atoms with Crippen LogP contribution in [-0.4, -0.2) is 96.7 Å². The molecule has 19 heteroatoms. The Morgan fingerprint density at radius 1 is 0.274 bits per heavy atom. The largest absolute Gasteiger partial charge is 0.472 e. The van der Waals surface area contributed by atoms with Crippen molar-refractivity contribution in [2.75, 3.05) is 39.6 Å². The van der Waals surface area contributed by atoms with Gasteiger partial charge in [0.2, 0.25) is 0 Å². The standard InChI is InChI=1S/C87H138O17P2/c1-5-9-13-17-21-25-29-32-35-38-40-43-46-49-53-56-60-64-68-72-85(90)98-78-83(104-87(92)74-70-66-62-58-54-50-47-44-41-39-36-33-30-26-22-18-14-10-6-2)80-102-106(95,96)100-76-81(88)75-99-105(93,94)101-79-82(103-86(91)73-69-65-61-57-51-28-24-20-16-12-8-4)77-97-84(89)71-67-63-59-55-52-48-45-42-37-34-31-27-23-19-15-11-7-3/h9-11,13-15,20-27,32-37,40-41,43-45,48-50,53-54,60,64,81-83,88H,5-8,12,16-19,28-31,38-39,42,46-47,51-52,55-59,61-63,65-80H2,1-4H3,(H,93,94)(H,95,96)/b13-9-,14-10-,15-11-,24-20-,25-21-,26-22-,27-23-,35-32-,36-33-,37-34-,43-40-,44-41-,48-45-,53-49-,54-50-,64-60-. The molecular weight excluding hydrogens is 1380 g/mol. The lowest BCUT2D eigenvalue weighted by molar-refractivity contribution is -0.161. The van der Waals surface area contributed by atoms with Crippen molar-refractivity contribution in [1.29, 1.82) is 0 Å². The predicted molar refractivity (Wildman–Crippen MR) is 436 cm³/mol. The fourth-order valence-electron chi connectivity index (χ4n) is 9.60. The molecule has 0 aliphatic rings. The molecule has 0 aromatic heterocycles. The molecule has 106 heavy (non-hydrogen) atoms. The number of allylic oxidation sites excluding steroid dienone is 32. The first kappa shape index (κ1) is 99.9. The molecule has 0 aliphatic heterocycles. The van der Waals surface area contributed by atoms with Gasteiger partial charge in [-0.05, 0) is 167 Å². The number of carbonyl (C=O) groups excluding carboxylic acids is 4. The van der Waals surface area contributed by atoms with Gasteiger partial charge in [0.25, 0.3) is 0 Å². The average Bonchev–Trinajstić information content (AvgIpc) is 0.901. The molecule has 5 atom stereocenters. The maximum Gasteiger partial charge on any atom is 0.472 e. The number of aliphatic hydroxyl groups is 1. The molecule has 0 spiro atoms. The molecule has 0 radical (unpaired) electrons. The summed E-state index contributed by atoms with van der Waals surface area (Å²) in [6, 6.07) is 0. The molecule has 5 unspecified atom stereocenters. The Hall–Kier alpha value is -6.10. The molecule has 0 aliphatic carbocycles. The van der Waals surface area contributed by atoms with Crippen LogP contribution in [0.25, 0.3) is 0 Å². The maximum absolute atomic E-state index is 13.1. The van der Waals surface area contributed by atoms with E-state index in [4.69, 9.17) is 37.0 Å². The number of esters is 4. The fourth-order valence-corrected chi connectivity index (χ4v) is 11.2. The van der Waals surface area contributed by atoms with Crippen LogP contribution in [0, 0.1) is 0 Å². The third-order valence-corrected chi connectivity index (χ3v) is 17.4. The minimum absolute atomic E-state index is 0.0200. The summed E-state index contributed by atoms with van der Waals surface area (Å²) in [7, 11) is -10.0. The monoisotopic (exact) mass is 1520 g/mol. The molecule has 3 N–H and O–H groups in total. The number of phosphoric ester groups is 2. The summed E-state index contributed by atoms with van der Waals surface area (Å²) in [4.78, 5) is 73.0. The molecule has 0 amide bonds. The molecule has 0 heterocycles. The van der Waals surface area contributed by atoms with E-state index in [0.717, 1.165) is 180 Å². The van der Waals surface area contributed by atoms with E-state index < -0.39 is 97.5 Å². The van der Waals surface area contributed by atoms with E-state index in [-0.39, 0.29) is 25.7 Å². The molecule has 0 aromatic rings. The molecule has 0 saturated heterocycles. The van der Waals surface area contributed by atoms with Gasteiger partial charge < -0.3 is 33.8 Å². The second-order valence-corrected chi connectivity index (χ2v) is 28.4. The highest BCUT2D eigenvalue weighted by molar-refractivity contribution is 7.47. The first-order valence-electron chi connectivity index (χ1n) is 39.7. The maximum atomic E-state index is 13.1. The highest BCUT2D eigenvalue weighted by Crippen LogP contribution is 2.45. The van der Waals surface area contributed by atoms with Crippen molar-refractivity contribution in [1.82, 2.24) is 0 Å². The lowest BCUT2D eigenvalue weighted by Crippen LogP contribution is -2.30. The number of rotatable bonds is 72. The van der Waals surface area contributed by atoms with Crippen LogP contribution in [0.5, 0.6) is 0 Å². The Morgan fingerprint density at radius 2 is 0.509 bits per heavy atom. The smallest absolute Gasteiger partial charge is 0.462 e. The second-order valence-electron chi connectivity index (χ2n) is 25.5. The Labute approximate surface area is 640 Å². The van der Waals surface area contributed by atoms with Crippen molar-refractivity contribution in [3.05, 3.63) is 194 Å². The van der Waals surface area contributed by atoms with E-state index in [0.29, 0.717) is 32.1 Å². The van der Waals surface area contributed by atoms with Crippen LogP contribution in [-0.2, 0) is 65.4 Å². The topological polar surface area (TPSA) is 237 Å². The lowest BCUT2D eigenvalue weighted by Gasteiger charge is -2.21. The zero-order valence-corrected chi connectivity index (χ0v) is 67.1. The fraction of sp³-hybridized carbons (Fsp3) is 0.586. The number of phosphoric acid groups is 2. The quantitative estimate of drug-likeness (QED) is 0.0169. The zero-order chi connectivity index (χ0) is 77.4. The van der Waals surface area contributed by atoms with Gasteiger partial charge in [0, 0.05) is 25.7 Å². The van der Waals surface area contributed by atoms with E-state index in [9.17, 15) is 43.2 Å². The second kappa shape index (κ2) is 77.1. The van der Waals surface area contributed by atoms with Gasteiger partial charge >= 0.3 is 39.5 Å². The number of carbonyl (C=O) groups is 4. The zero-order valence-electron chi connectivity index (χ0n) is 65.3. The normalized spacial score (nSPS) is 14.9. The Balaban J connectivity index is 5.49. The third-order valence-electron chi connectivity index (χ3n) is 15.5. The van der Waals surface area contributed by atoms with Gasteiger partial charge in [-0.2, -0.15) is 0 Å². The average molecular weight is 1520 g/mol. The lowest BCUT2D eigenvalue weighted by atomic mass is 10.1. The van der Waals surface area contributed by atoms with E-state index in [1.165, 1.54) is 6.42 Å². The summed E-state index contributed by atoms with van der Waals surface area (Å²) in [6.45, 7) is 4.30. The van der Waals surface area contributed by atoms with Crippen molar-refractivity contribution < 1.29 is 80.2 Å². The predicted octanol–water partition coefficient (Wildman–Crippen LogP) is 23.3. The van der Waals surface area contributed by atoms with Crippen LogP contribution < -0.4 is 0 Å². The molecule has 0 rings (SSSR count). The van der Waals surface area contributed by atoms with Crippen LogP contribution in [0.4, 0.5) is 0 Å². The van der Waals surface area contributed by atoms with Gasteiger partial charge in [0.05, 0.1) is 26.4 Å². The van der Waals surface area contributed by atoms with Crippen molar-refractivity contribution in [3.8, 4) is 0 Å². The molecule has 0 fully saturated rings. The van der Waals surface area contributed by atoms with Crippen LogP contribution in [0.3, 0.4) is 0 Å². The van der Waals surface area contributed by atoms with Gasteiger partial charge in [0.1, 0.15) is 19.3 Å². The number of hydrogen-bond acceptors (Lipinski definition) is 15. The van der Waals surface area contributed by atoms with Crippen LogP contribution in [0.2, 0.25) is 0 Å². The van der Waals surface area contributed by atoms with Gasteiger partial charge in [-0.25, -0.2) is 9.13 Å². The summed E-state index contributed by atoms with van der Waals surface area (Å²) in [5, 5.41) is 10.6. The van der Waals surface area contributed by atoms with Crippen LogP contribution in [0.1, 0.15) is 272 Å². The molecule has 17 nitrogen and oxygen atoms in total. The van der Waals surface area contributed by atoms with Crippen LogP contribution in [0.15, 0.2) is 194 Å². The number of hydrogen-bond donors (Lipinski definition) is 3. The Bertz CT molecular complexity index is 2780. The SMILES string of the molecule is CC/C=C\C/C=C\C/C=C\C/C=C\C/C=C\C/C=C\CCC(=O)OCC(COP(=O)(O)OCC(O)COP(=O)(O)OCC(COC(=O)CCCCCC/C=C\C/C=C\C/C=C\C/C=C\CC)OC(=O)CCCCCCC/C=C\CCCC)OC(=O)CCCCC/C=C\C/C=C\C/C=C\C/C=C\C/C=C\CC. The first-order valence-corrected chi connectivity index (χ1v) is 42.7. The van der Waals surface area contributed by atoms with Crippen molar-refractivity contribution in [2.45, 2.75) is 290 Å². The molecule has 598 valence electrons. The van der Waals surface area contributed by atoms with Crippen molar-refractivity contribution >= 4 is 39.5 Å². The van der Waals surface area contributed by atoms with Gasteiger partial charge in [-0.3, -0.25) is 37.3 Å². The highest BCUT2D eigenvalue weighted by Gasteiger charge is 2.30. The third kappa shape index (κ3) is 76.1. The molecule has 0 saturated carbocycles. The molecule has 0 bridgehead atoms. The van der Waals surface area contributed by atoms with E-state index >= 15 is 0 Å². The van der Waals surface area contributed by atoms with E-state index in [2.05, 4.69) is 204 Å². The number of aliphatic hydroxyl groups excluding tert-OH is 1. The number of ether oxygens (including phenoxy) is 4. The Morgan fingerprint density at radius 3 is 0.830 bits per heavy atom. The minimum Gasteiger partial charge on any atom is -0.462 e. The van der Waals surface area contributed by atoms with E-state index in [1.807, 2.05) is 18.2 Å². The molecule has 0 aromatic carbocycles. The van der Waals surface area contributed by atoms with Gasteiger partial charge in [-0.15, -0.1) is 0 Å². The number of unbranched alkanes of at least 4 members (excludes halogenated alkanes) is 14. The Kier molecular flexibility index (Phi) is 72.6. The summed E-state index contributed by atoms with van der Waals surface area (Å²) in [6.07, 6.45) is 94.3. The summed E-state index contributed by atoms with van der Waals surface area (Å²) in [5.41, 5.74) is 0. The van der Waals surface area contributed by atoms with Crippen molar-refractivity contribution in [2.24, 2.45) is 0 Å². The summed E-state index contributed by atoms with van der Waals surface area (Å²) >= 11 is 0. The van der Waals surface area contributed by atoms with Gasteiger partial charge in [-0.1, -0.05) is 273 Å². The van der Waals surface area contributed by atoms with E-state index in [1.54, 1.807) is 0 Å². The minimum atomic E-state index is -5.02. The first-order chi connectivity index (χ1) is 51.7.